The molecular weight excluding hydrogens is 316 g/mol. The Bertz CT molecular complexity index is 578. The van der Waals surface area contributed by atoms with Gasteiger partial charge in [0.1, 0.15) is 11.6 Å². The maximum Gasteiger partial charge on any atom is 0.126 e. The number of pyridine rings is 1. The Morgan fingerprint density at radius 3 is 2.74 bits per heavy atom. The van der Waals surface area contributed by atoms with Crippen LogP contribution in [0.2, 0.25) is 0 Å². The van der Waals surface area contributed by atoms with Gasteiger partial charge in [-0.05, 0) is 57.7 Å². The third-order valence-corrected chi connectivity index (χ3v) is 3.20. The molecule has 0 saturated heterocycles. The second-order valence-electron chi connectivity index (χ2n) is 4.10. The van der Waals surface area contributed by atoms with Crippen molar-refractivity contribution in [2.75, 3.05) is 0 Å². The average molecular weight is 328 g/mol. The van der Waals surface area contributed by atoms with Crippen LogP contribution < -0.4 is 11.3 Å². The lowest BCUT2D eigenvalue weighted by Crippen LogP contribution is -2.30. The van der Waals surface area contributed by atoms with Crippen LogP contribution in [-0.4, -0.2) is 4.98 Å². The minimum Gasteiger partial charge on any atom is -0.271 e. The van der Waals surface area contributed by atoms with E-state index in [-0.39, 0.29) is 18.0 Å². The number of hydrogen-bond donors (Lipinski definition) is 2. The molecule has 1 aromatic heterocycles. The molecule has 0 radical (unpaired) electrons. The normalized spacial score (nSPS) is 12.4. The van der Waals surface area contributed by atoms with Gasteiger partial charge in [-0.15, -0.1) is 0 Å². The maximum absolute atomic E-state index is 13.6. The number of nitrogens with zero attached hydrogens (tertiary/aromatic N) is 1. The summed E-state index contributed by atoms with van der Waals surface area (Å²) in [5, 5.41) is 0. The summed E-state index contributed by atoms with van der Waals surface area (Å²) in [7, 11) is 0. The van der Waals surface area contributed by atoms with Crippen molar-refractivity contribution < 1.29 is 8.78 Å². The summed E-state index contributed by atoms with van der Waals surface area (Å²) in [6.07, 6.45) is 3.50. The Labute approximate surface area is 117 Å². The van der Waals surface area contributed by atoms with Crippen LogP contribution in [0.25, 0.3) is 0 Å². The predicted octanol–water partition coefficient (Wildman–Crippen LogP) is 2.87. The van der Waals surface area contributed by atoms with Gasteiger partial charge in [0.25, 0.3) is 0 Å². The first kappa shape index (κ1) is 14.0. The predicted molar refractivity (Wildman–Crippen MR) is 72.1 cm³/mol. The van der Waals surface area contributed by atoms with Crippen LogP contribution in [-0.2, 0) is 6.42 Å². The zero-order valence-electron chi connectivity index (χ0n) is 9.91. The van der Waals surface area contributed by atoms with Crippen LogP contribution >= 0.6 is 15.9 Å². The quantitative estimate of drug-likeness (QED) is 0.670. The van der Waals surface area contributed by atoms with E-state index in [0.29, 0.717) is 0 Å². The average Bonchev–Trinajstić information content (AvgIpc) is 2.39. The Kier molecular flexibility index (Phi) is 4.57. The molecule has 0 amide bonds. The van der Waals surface area contributed by atoms with Crippen LogP contribution in [0.5, 0.6) is 0 Å². The van der Waals surface area contributed by atoms with Crippen molar-refractivity contribution in [1.82, 2.24) is 10.4 Å². The standard InChI is InChI=1S/C13H12BrF2N3/c14-10-3-9(6-18-7-10)13(19-17)5-8-4-11(15)1-2-12(8)16/h1-4,6-7,13,19H,5,17H2. The summed E-state index contributed by atoms with van der Waals surface area (Å²) >= 11 is 3.31. The molecular formula is C13H12BrF2N3. The van der Waals surface area contributed by atoms with Crippen molar-refractivity contribution in [3.8, 4) is 0 Å². The number of nitrogens with one attached hydrogen (secondary N) is 1. The first-order valence-electron chi connectivity index (χ1n) is 5.60. The van der Waals surface area contributed by atoms with Crippen molar-refractivity contribution in [2.45, 2.75) is 12.5 Å². The minimum absolute atomic E-state index is 0.234. The van der Waals surface area contributed by atoms with Gasteiger partial charge < -0.3 is 0 Å². The Balaban J connectivity index is 2.26. The van der Waals surface area contributed by atoms with Gasteiger partial charge in [-0.1, -0.05) is 0 Å². The van der Waals surface area contributed by atoms with Crippen LogP contribution in [0, 0.1) is 11.6 Å². The highest BCUT2D eigenvalue weighted by Gasteiger charge is 2.14. The summed E-state index contributed by atoms with van der Waals surface area (Å²) in [6.45, 7) is 0. The molecule has 0 aliphatic heterocycles. The van der Waals surface area contributed by atoms with Crippen LogP contribution in [0.3, 0.4) is 0 Å². The van der Waals surface area contributed by atoms with E-state index in [4.69, 9.17) is 5.84 Å². The van der Waals surface area contributed by atoms with Gasteiger partial charge in [-0.2, -0.15) is 0 Å². The van der Waals surface area contributed by atoms with Crippen LogP contribution in [0.1, 0.15) is 17.2 Å². The van der Waals surface area contributed by atoms with E-state index >= 15 is 0 Å². The fourth-order valence-corrected chi connectivity index (χ4v) is 2.19. The zero-order chi connectivity index (χ0) is 13.8. The summed E-state index contributed by atoms with van der Waals surface area (Å²) < 4.78 is 27.5. The highest BCUT2D eigenvalue weighted by Crippen LogP contribution is 2.22. The van der Waals surface area contributed by atoms with Gasteiger partial charge in [-0.25, -0.2) is 8.78 Å². The number of aromatic nitrogens is 1. The molecule has 1 aromatic carbocycles. The molecule has 19 heavy (non-hydrogen) atoms. The Morgan fingerprint density at radius 2 is 2.05 bits per heavy atom. The van der Waals surface area contributed by atoms with E-state index in [1.54, 1.807) is 12.4 Å². The molecule has 1 atom stereocenters. The SMILES string of the molecule is NNC(Cc1cc(F)ccc1F)c1cncc(Br)c1. The number of halogens is 3. The number of nitrogens with two attached hydrogens (primary N) is 1. The smallest absolute Gasteiger partial charge is 0.126 e. The molecule has 100 valence electrons. The van der Waals surface area contributed by atoms with E-state index in [0.717, 1.165) is 22.2 Å². The molecule has 0 bridgehead atoms. The van der Waals surface area contributed by atoms with Crippen molar-refractivity contribution in [2.24, 2.45) is 5.84 Å². The Morgan fingerprint density at radius 1 is 1.26 bits per heavy atom. The first-order valence-corrected chi connectivity index (χ1v) is 6.40. The third kappa shape index (κ3) is 3.56. The lowest BCUT2D eigenvalue weighted by molar-refractivity contribution is 0.521. The molecule has 1 heterocycles. The molecule has 3 N–H and O–H groups in total. The maximum atomic E-state index is 13.6. The molecule has 0 saturated carbocycles. The summed E-state index contributed by atoms with van der Waals surface area (Å²) in [6, 6.07) is 4.85. The molecule has 1 unspecified atom stereocenters. The molecule has 6 heteroatoms. The van der Waals surface area contributed by atoms with Gasteiger partial charge in [0.05, 0.1) is 6.04 Å². The number of rotatable bonds is 4. The van der Waals surface area contributed by atoms with Crippen molar-refractivity contribution in [3.05, 3.63) is 63.9 Å². The Hall–Kier alpha value is -1.37. The van der Waals surface area contributed by atoms with Crippen molar-refractivity contribution in [3.63, 3.8) is 0 Å². The highest BCUT2D eigenvalue weighted by atomic mass is 79.9. The molecule has 2 rings (SSSR count). The monoisotopic (exact) mass is 327 g/mol. The summed E-state index contributed by atoms with van der Waals surface area (Å²) in [4.78, 5) is 4.02. The van der Waals surface area contributed by atoms with Crippen LogP contribution in [0.15, 0.2) is 41.1 Å². The van der Waals surface area contributed by atoms with Crippen molar-refractivity contribution >= 4 is 15.9 Å². The molecule has 0 spiro atoms. The topological polar surface area (TPSA) is 50.9 Å². The van der Waals surface area contributed by atoms with Gasteiger partial charge in [-0.3, -0.25) is 16.3 Å². The van der Waals surface area contributed by atoms with Gasteiger partial charge >= 0.3 is 0 Å². The lowest BCUT2D eigenvalue weighted by atomic mass is 10.0. The largest absolute Gasteiger partial charge is 0.271 e. The fourth-order valence-electron chi connectivity index (χ4n) is 1.81. The molecule has 2 aromatic rings. The van der Waals surface area contributed by atoms with Gasteiger partial charge in [0, 0.05) is 16.9 Å². The van der Waals surface area contributed by atoms with E-state index in [1.165, 1.54) is 6.07 Å². The van der Waals surface area contributed by atoms with Gasteiger partial charge in [0.15, 0.2) is 0 Å². The molecule has 0 aliphatic carbocycles. The van der Waals surface area contributed by atoms with Crippen molar-refractivity contribution in [1.29, 1.82) is 0 Å². The third-order valence-electron chi connectivity index (χ3n) is 2.76. The number of hydrogen-bond acceptors (Lipinski definition) is 3. The molecule has 3 nitrogen and oxygen atoms in total. The number of benzene rings is 1. The van der Waals surface area contributed by atoms with Crippen LogP contribution in [0.4, 0.5) is 8.78 Å². The van der Waals surface area contributed by atoms with E-state index < -0.39 is 11.6 Å². The van der Waals surface area contributed by atoms with Gasteiger partial charge in [0.2, 0.25) is 0 Å². The second kappa shape index (κ2) is 6.18. The number of hydrazine groups is 1. The zero-order valence-corrected chi connectivity index (χ0v) is 11.5. The lowest BCUT2D eigenvalue weighted by Gasteiger charge is -2.16. The first-order chi connectivity index (χ1) is 9.10. The molecule has 0 aliphatic rings. The highest BCUT2D eigenvalue weighted by molar-refractivity contribution is 9.10. The fraction of sp³-hybridized carbons (Fsp3) is 0.154. The van der Waals surface area contributed by atoms with E-state index in [9.17, 15) is 8.78 Å². The summed E-state index contributed by atoms with van der Waals surface area (Å²) in [5.74, 6) is 4.55. The van der Waals surface area contributed by atoms with E-state index in [1.807, 2.05) is 6.07 Å². The minimum atomic E-state index is -0.473. The van der Waals surface area contributed by atoms with E-state index in [2.05, 4.69) is 26.3 Å². The molecule has 0 fully saturated rings. The second-order valence-corrected chi connectivity index (χ2v) is 5.01. The summed E-state index contributed by atoms with van der Waals surface area (Å²) in [5.41, 5.74) is 3.65.